The zero-order valence-electron chi connectivity index (χ0n) is 10.9. The molecular formula is C14H21N3O. The maximum absolute atomic E-state index is 11.8. The summed E-state index contributed by atoms with van der Waals surface area (Å²) in [6.07, 6.45) is 3.14. The van der Waals surface area contributed by atoms with Gasteiger partial charge in [-0.05, 0) is 30.5 Å². The van der Waals surface area contributed by atoms with Gasteiger partial charge < -0.3 is 16.0 Å². The van der Waals surface area contributed by atoms with E-state index in [0.29, 0.717) is 6.54 Å². The van der Waals surface area contributed by atoms with Crippen LogP contribution in [0.4, 0.5) is 11.4 Å². The van der Waals surface area contributed by atoms with Crippen molar-refractivity contribution in [2.45, 2.75) is 26.2 Å². The Morgan fingerprint density at radius 3 is 3.11 bits per heavy atom. The molecule has 4 nitrogen and oxygen atoms in total. The Kier molecular flexibility index (Phi) is 4.07. The number of fused-ring (bicyclic) bond motifs is 1. The standard InChI is InChI=1S/C14H21N3O/c1-2-3-7-16-14(18)10-17-8-6-11-4-5-12(15)9-13(11)17/h4-5,9H,2-3,6-8,10,15H2,1H3,(H,16,18). The highest BCUT2D eigenvalue weighted by atomic mass is 16.2. The topological polar surface area (TPSA) is 58.4 Å². The normalized spacial score (nSPS) is 13.5. The van der Waals surface area contributed by atoms with E-state index in [4.69, 9.17) is 5.73 Å². The van der Waals surface area contributed by atoms with Crippen LogP contribution in [0.1, 0.15) is 25.3 Å². The quantitative estimate of drug-likeness (QED) is 0.613. The summed E-state index contributed by atoms with van der Waals surface area (Å²) in [4.78, 5) is 13.9. The van der Waals surface area contributed by atoms with E-state index in [1.54, 1.807) is 0 Å². The van der Waals surface area contributed by atoms with Crippen LogP contribution in [0.25, 0.3) is 0 Å². The molecule has 0 bridgehead atoms. The first-order chi connectivity index (χ1) is 8.70. The summed E-state index contributed by atoms with van der Waals surface area (Å²) in [7, 11) is 0. The van der Waals surface area contributed by atoms with Crippen LogP contribution in [0.2, 0.25) is 0 Å². The molecule has 1 heterocycles. The molecule has 3 N–H and O–H groups in total. The number of rotatable bonds is 5. The fraction of sp³-hybridized carbons (Fsp3) is 0.500. The fourth-order valence-corrected chi connectivity index (χ4v) is 2.26. The molecular weight excluding hydrogens is 226 g/mol. The van der Waals surface area contributed by atoms with E-state index in [0.717, 1.165) is 43.7 Å². The van der Waals surface area contributed by atoms with Gasteiger partial charge in [0.05, 0.1) is 6.54 Å². The Morgan fingerprint density at radius 1 is 1.50 bits per heavy atom. The van der Waals surface area contributed by atoms with Crippen LogP contribution in [0.3, 0.4) is 0 Å². The minimum atomic E-state index is 0.0960. The largest absolute Gasteiger partial charge is 0.399 e. The first-order valence-electron chi connectivity index (χ1n) is 6.60. The third-order valence-corrected chi connectivity index (χ3v) is 3.29. The van der Waals surface area contributed by atoms with E-state index < -0.39 is 0 Å². The van der Waals surface area contributed by atoms with Gasteiger partial charge in [-0.15, -0.1) is 0 Å². The second-order valence-electron chi connectivity index (χ2n) is 4.76. The van der Waals surface area contributed by atoms with Crippen LogP contribution in [-0.2, 0) is 11.2 Å². The lowest BCUT2D eigenvalue weighted by Gasteiger charge is -2.19. The van der Waals surface area contributed by atoms with E-state index in [2.05, 4.69) is 23.2 Å². The summed E-state index contributed by atoms with van der Waals surface area (Å²) in [5.41, 5.74) is 8.95. The Hall–Kier alpha value is -1.71. The van der Waals surface area contributed by atoms with Crippen molar-refractivity contribution in [3.05, 3.63) is 23.8 Å². The number of benzene rings is 1. The number of nitrogens with one attached hydrogen (secondary N) is 1. The molecule has 0 saturated carbocycles. The number of nitrogens with two attached hydrogens (primary N) is 1. The number of nitrogens with zero attached hydrogens (tertiary/aromatic N) is 1. The first-order valence-corrected chi connectivity index (χ1v) is 6.60. The second kappa shape index (κ2) is 5.76. The highest BCUT2D eigenvalue weighted by Gasteiger charge is 2.20. The average Bonchev–Trinajstić information content (AvgIpc) is 2.72. The Balaban J connectivity index is 1.93. The van der Waals surface area contributed by atoms with Gasteiger partial charge in [-0.2, -0.15) is 0 Å². The van der Waals surface area contributed by atoms with Gasteiger partial charge in [-0.1, -0.05) is 19.4 Å². The molecule has 0 fully saturated rings. The lowest BCUT2D eigenvalue weighted by molar-refractivity contribution is -0.119. The molecule has 0 spiro atoms. The summed E-state index contributed by atoms with van der Waals surface area (Å²) < 4.78 is 0. The van der Waals surface area contributed by atoms with Gasteiger partial charge in [0.1, 0.15) is 0 Å². The van der Waals surface area contributed by atoms with Crippen molar-refractivity contribution >= 4 is 17.3 Å². The zero-order valence-corrected chi connectivity index (χ0v) is 10.9. The van der Waals surface area contributed by atoms with E-state index in [1.165, 1.54) is 5.56 Å². The zero-order chi connectivity index (χ0) is 13.0. The summed E-state index contributed by atoms with van der Waals surface area (Å²) in [6.45, 7) is 4.22. The van der Waals surface area contributed by atoms with Crippen molar-refractivity contribution in [1.82, 2.24) is 5.32 Å². The molecule has 1 amide bonds. The number of amides is 1. The number of hydrogen-bond donors (Lipinski definition) is 2. The Bertz CT molecular complexity index is 431. The lowest BCUT2D eigenvalue weighted by Crippen LogP contribution is -2.36. The van der Waals surface area contributed by atoms with Gasteiger partial charge in [-0.25, -0.2) is 0 Å². The van der Waals surface area contributed by atoms with Crippen LogP contribution in [-0.4, -0.2) is 25.5 Å². The second-order valence-corrected chi connectivity index (χ2v) is 4.76. The minimum absolute atomic E-state index is 0.0960. The molecule has 0 unspecified atom stereocenters. The van der Waals surface area contributed by atoms with Gasteiger partial charge >= 0.3 is 0 Å². The number of carbonyl (C=O) groups is 1. The van der Waals surface area contributed by atoms with Crippen molar-refractivity contribution in [1.29, 1.82) is 0 Å². The predicted octanol–water partition coefficient (Wildman–Crippen LogP) is 1.55. The molecule has 1 aliphatic rings. The molecule has 0 aromatic heterocycles. The smallest absolute Gasteiger partial charge is 0.239 e. The van der Waals surface area contributed by atoms with E-state index >= 15 is 0 Å². The molecule has 2 rings (SSSR count). The van der Waals surface area contributed by atoms with E-state index in [1.807, 2.05) is 12.1 Å². The number of hydrogen-bond acceptors (Lipinski definition) is 3. The number of carbonyl (C=O) groups excluding carboxylic acids is 1. The van der Waals surface area contributed by atoms with Crippen LogP contribution >= 0.6 is 0 Å². The van der Waals surface area contributed by atoms with Crippen LogP contribution < -0.4 is 16.0 Å². The highest BCUT2D eigenvalue weighted by Crippen LogP contribution is 2.29. The monoisotopic (exact) mass is 247 g/mol. The lowest BCUT2D eigenvalue weighted by atomic mass is 10.1. The molecule has 4 heteroatoms. The SMILES string of the molecule is CCCCNC(=O)CN1CCc2ccc(N)cc21. The maximum atomic E-state index is 11.8. The van der Waals surface area contributed by atoms with Gasteiger partial charge in [0, 0.05) is 24.5 Å². The van der Waals surface area contributed by atoms with E-state index in [-0.39, 0.29) is 5.91 Å². The maximum Gasteiger partial charge on any atom is 0.239 e. The summed E-state index contributed by atoms with van der Waals surface area (Å²) in [5.74, 6) is 0.0960. The number of unbranched alkanes of at least 4 members (excludes halogenated alkanes) is 1. The fourth-order valence-electron chi connectivity index (χ4n) is 2.26. The highest BCUT2D eigenvalue weighted by molar-refractivity contribution is 5.82. The van der Waals surface area contributed by atoms with Crippen molar-refractivity contribution in [2.75, 3.05) is 30.3 Å². The molecule has 1 aromatic carbocycles. The van der Waals surface area contributed by atoms with Gasteiger partial charge in [-0.3, -0.25) is 4.79 Å². The number of anilines is 2. The third-order valence-electron chi connectivity index (χ3n) is 3.29. The molecule has 0 radical (unpaired) electrons. The van der Waals surface area contributed by atoms with Crippen LogP contribution in [0, 0.1) is 0 Å². The first kappa shape index (κ1) is 12.7. The molecule has 18 heavy (non-hydrogen) atoms. The number of nitrogen functional groups attached to an aromatic ring is 1. The molecule has 1 aliphatic heterocycles. The summed E-state index contributed by atoms with van der Waals surface area (Å²) >= 11 is 0. The predicted molar refractivity (Wildman–Crippen MR) is 74.7 cm³/mol. The third kappa shape index (κ3) is 2.94. The van der Waals surface area contributed by atoms with Crippen molar-refractivity contribution in [2.24, 2.45) is 0 Å². The van der Waals surface area contributed by atoms with Crippen molar-refractivity contribution in [3.8, 4) is 0 Å². The summed E-state index contributed by atoms with van der Waals surface area (Å²) in [6, 6.07) is 5.94. The van der Waals surface area contributed by atoms with Gasteiger partial charge in [0.25, 0.3) is 0 Å². The Labute approximate surface area is 108 Å². The molecule has 0 saturated heterocycles. The average molecular weight is 247 g/mol. The molecule has 98 valence electrons. The summed E-state index contributed by atoms with van der Waals surface area (Å²) in [5, 5.41) is 2.94. The Morgan fingerprint density at radius 2 is 2.33 bits per heavy atom. The minimum Gasteiger partial charge on any atom is -0.399 e. The van der Waals surface area contributed by atoms with Gasteiger partial charge in [0.15, 0.2) is 0 Å². The van der Waals surface area contributed by atoms with E-state index in [9.17, 15) is 4.79 Å². The molecule has 0 aliphatic carbocycles. The van der Waals surface area contributed by atoms with Crippen LogP contribution in [0.15, 0.2) is 18.2 Å². The van der Waals surface area contributed by atoms with Crippen molar-refractivity contribution < 1.29 is 4.79 Å². The van der Waals surface area contributed by atoms with Crippen molar-refractivity contribution in [3.63, 3.8) is 0 Å². The molecule has 0 atom stereocenters. The molecule has 1 aromatic rings. The van der Waals surface area contributed by atoms with Gasteiger partial charge in [0.2, 0.25) is 5.91 Å². The van der Waals surface area contributed by atoms with Crippen LogP contribution in [0.5, 0.6) is 0 Å².